The van der Waals surface area contributed by atoms with Crippen LogP contribution in [0.5, 0.6) is 0 Å². The summed E-state index contributed by atoms with van der Waals surface area (Å²) in [4.78, 5) is 82.6. The van der Waals surface area contributed by atoms with Gasteiger partial charge in [0.2, 0.25) is 11.4 Å². The molecule has 17 nitrogen and oxygen atoms in total. The van der Waals surface area contributed by atoms with Crippen LogP contribution in [-0.4, -0.2) is 129 Å². The van der Waals surface area contributed by atoms with Gasteiger partial charge < -0.3 is 48.5 Å². The number of benzene rings is 4. The molecule has 3 fully saturated rings. The number of hydrogen-bond acceptors (Lipinski definition) is 16. The lowest BCUT2D eigenvalue weighted by Gasteiger charge is -2.65. The molecule has 4 aromatic carbocycles. The first-order valence-corrected chi connectivity index (χ1v) is 20.5. The van der Waals surface area contributed by atoms with Crippen LogP contribution in [0.2, 0.25) is 0 Å². The van der Waals surface area contributed by atoms with Crippen molar-refractivity contribution in [3.05, 3.63) is 143 Å². The summed E-state index contributed by atoms with van der Waals surface area (Å²) in [5, 5.41) is 38.5. The number of hydrogen-bond donors (Lipinski definition) is 3. The second-order valence-corrected chi connectivity index (χ2v) is 16.0. The number of aliphatic hydroxyl groups excluding tert-OH is 1. The Morgan fingerprint density at radius 3 is 1.83 bits per heavy atom. The summed E-state index contributed by atoms with van der Waals surface area (Å²) >= 11 is 0. The number of nitrogens with zero attached hydrogens (tertiary/aromatic N) is 1. The van der Waals surface area contributed by atoms with Gasteiger partial charge in [-0.3, -0.25) is 33.7 Å². The van der Waals surface area contributed by atoms with Gasteiger partial charge in [-0.25, -0.2) is 0 Å². The molecule has 0 radical (unpaired) electrons. The highest BCUT2D eigenvalue weighted by molar-refractivity contribution is 6.21. The van der Waals surface area contributed by atoms with E-state index in [2.05, 4.69) is 0 Å². The molecule has 3 heterocycles. The number of amides is 2. The summed E-state index contributed by atoms with van der Waals surface area (Å²) < 4.78 is 42.5. The summed E-state index contributed by atoms with van der Waals surface area (Å²) in [6.07, 6.45) is -14.6. The summed E-state index contributed by atoms with van der Waals surface area (Å²) in [5.74, 6) is -6.94. The fraction of sp³-hybridized carbons (Fsp3) is 0.362. The number of fused-ring (bicyclic) bond motifs is 2. The minimum Gasteiger partial charge on any atom is -0.463 e. The van der Waals surface area contributed by atoms with E-state index in [-0.39, 0.29) is 23.3 Å². The van der Waals surface area contributed by atoms with E-state index in [1.807, 2.05) is 0 Å². The number of ketones is 1. The molecule has 0 aromatic heterocycles. The van der Waals surface area contributed by atoms with E-state index in [4.69, 9.17) is 33.2 Å². The van der Waals surface area contributed by atoms with Crippen LogP contribution in [0.1, 0.15) is 68.9 Å². The maximum Gasteiger partial charge on any atom is 0.303 e. The van der Waals surface area contributed by atoms with Crippen LogP contribution in [-0.2, 0) is 54.1 Å². The highest BCUT2D eigenvalue weighted by Crippen LogP contribution is 2.58. The minimum atomic E-state index is -3.07. The molecule has 4 aromatic rings. The normalized spacial score (nSPS) is 31.8. The summed E-state index contributed by atoms with van der Waals surface area (Å²) in [6, 6.07) is 28.3. The van der Waals surface area contributed by atoms with Gasteiger partial charge in [0.1, 0.15) is 36.6 Å². The monoisotopic (exact) mass is 879 g/mol. The van der Waals surface area contributed by atoms with E-state index >= 15 is 4.79 Å². The highest BCUT2D eigenvalue weighted by Gasteiger charge is 2.78. The van der Waals surface area contributed by atoms with Gasteiger partial charge in [-0.05, 0) is 23.3 Å². The molecular formula is C47H45NO16. The zero-order valence-electron chi connectivity index (χ0n) is 34.8. The Morgan fingerprint density at radius 1 is 0.703 bits per heavy atom. The lowest BCUT2D eigenvalue weighted by atomic mass is 9.54. The molecule has 2 amide bonds. The van der Waals surface area contributed by atoms with Crippen molar-refractivity contribution in [2.75, 3.05) is 6.61 Å². The highest BCUT2D eigenvalue weighted by atomic mass is 16.7. The fourth-order valence-corrected chi connectivity index (χ4v) is 9.17. The van der Waals surface area contributed by atoms with Crippen molar-refractivity contribution < 1.29 is 77.2 Å². The number of Topliss-reactive ketones (excluding diaryl/α,β-unsaturated/α-hetero) is 1. The van der Waals surface area contributed by atoms with Gasteiger partial charge in [0.25, 0.3) is 11.8 Å². The Balaban J connectivity index is 1.33. The first-order valence-electron chi connectivity index (χ1n) is 20.5. The number of ether oxygens (including phenoxy) is 7. The molecule has 1 aliphatic carbocycles. The van der Waals surface area contributed by atoms with Gasteiger partial charge >= 0.3 is 17.9 Å². The van der Waals surface area contributed by atoms with Crippen molar-refractivity contribution in [1.82, 2.24) is 4.90 Å². The van der Waals surface area contributed by atoms with Crippen LogP contribution < -0.4 is 0 Å². The van der Waals surface area contributed by atoms with Crippen LogP contribution in [0.4, 0.5) is 0 Å². The standard InChI is InChI=1S/C47H45NO16/c1-25(49)58-24-33-37(60-26(2)50)38(61-27(3)51)35(48-41(54)31-21-13-14-22-32(31)42(48)55)43(62-33)64-44-46(56)34(29-17-9-5-10-18-29)36(52)40(46)63-45(59-23-28-15-7-4-8-16-28)47(44,57)39(53)30-19-11-6-12-20-30/h4-22,33-38,40,43-45,52,56-57H,23-24H2,1-3H3/t33-,34?,35-,36?,37-,38-,40-,43+,44+,45-,46+,47-/m1/s1. The number of rotatable bonds is 13. The van der Waals surface area contributed by atoms with E-state index in [1.165, 1.54) is 48.5 Å². The molecule has 4 aliphatic rings. The molecule has 8 rings (SSSR count). The number of aliphatic hydroxyl groups is 3. The van der Waals surface area contributed by atoms with Gasteiger partial charge in [0.15, 0.2) is 24.8 Å². The van der Waals surface area contributed by atoms with E-state index in [0.29, 0.717) is 16.0 Å². The molecule has 2 saturated heterocycles. The van der Waals surface area contributed by atoms with Crippen LogP contribution in [0.3, 0.4) is 0 Å². The molecule has 3 aliphatic heterocycles. The smallest absolute Gasteiger partial charge is 0.303 e. The van der Waals surface area contributed by atoms with Crippen LogP contribution in [0.15, 0.2) is 115 Å². The second-order valence-electron chi connectivity index (χ2n) is 16.0. The molecular weight excluding hydrogens is 835 g/mol. The molecule has 0 spiro atoms. The lowest BCUT2D eigenvalue weighted by Crippen LogP contribution is -2.86. The Morgan fingerprint density at radius 2 is 1.25 bits per heavy atom. The molecule has 0 bridgehead atoms. The molecule has 2 unspecified atom stereocenters. The molecule has 64 heavy (non-hydrogen) atoms. The van der Waals surface area contributed by atoms with E-state index in [0.717, 1.165) is 20.8 Å². The fourth-order valence-electron chi connectivity index (χ4n) is 9.17. The van der Waals surface area contributed by atoms with Gasteiger partial charge in [0, 0.05) is 32.3 Å². The number of esters is 3. The minimum absolute atomic E-state index is 0.0555. The van der Waals surface area contributed by atoms with Crippen LogP contribution in [0, 0.1) is 0 Å². The molecule has 3 N–H and O–H groups in total. The largest absolute Gasteiger partial charge is 0.463 e. The molecule has 12 atom stereocenters. The van der Waals surface area contributed by atoms with Crippen molar-refractivity contribution in [3.63, 3.8) is 0 Å². The quantitative estimate of drug-likeness (QED) is 0.0759. The Labute approximate surface area is 366 Å². The number of carbonyl (C=O) groups is 6. The Hall–Kier alpha value is -6.18. The Bertz CT molecular complexity index is 2380. The first-order chi connectivity index (χ1) is 30.7. The average Bonchev–Trinajstić information content (AvgIpc) is 3.53. The van der Waals surface area contributed by atoms with Crippen LogP contribution in [0.25, 0.3) is 0 Å². The second kappa shape index (κ2) is 17.8. The van der Waals surface area contributed by atoms with Gasteiger partial charge in [-0.15, -0.1) is 0 Å². The van der Waals surface area contributed by atoms with E-state index in [9.17, 15) is 39.3 Å². The van der Waals surface area contributed by atoms with Crippen molar-refractivity contribution in [1.29, 1.82) is 0 Å². The van der Waals surface area contributed by atoms with Crippen molar-refractivity contribution >= 4 is 35.5 Å². The van der Waals surface area contributed by atoms with E-state index < -0.39 is 114 Å². The SMILES string of the molecule is CC(=O)OC[C@H]1O[C@@H](O[C@@H]2[C@](O)(C(=O)c3ccccc3)[C@H](OCc3ccccc3)O[C@@H]3C(O)C(c4ccccc4)[C@]32O)[C@H](N2C(=O)c3ccccc3C2=O)[C@@H](OC(C)=O)[C@@H]1OC(C)=O. The molecule has 17 heteroatoms. The maximum atomic E-state index is 15.1. The van der Waals surface area contributed by atoms with Crippen molar-refractivity contribution in [3.8, 4) is 0 Å². The molecule has 334 valence electrons. The first kappa shape index (κ1) is 44.4. The topological polar surface area (TPSA) is 231 Å². The predicted octanol–water partition coefficient (Wildman–Crippen LogP) is 2.63. The Kier molecular flexibility index (Phi) is 12.3. The van der Waals surface area contributed by atoms with Crippen molar-refractivity contribution in [2.24, 2.45) is 0 Å². The third kappa shape index (κ3) is 7.78. The third-order valence-corrected chi connectivity index (χ3v) is 11.9. The van der Waals surface area contributed by atoms with Gasteiger partial charge in [-0.2, -0.15) is 0 Å². The average molecular weight is 880 g/mol. The predicted molar refractivity (Wildman–Crippen MR) is 218 cm³/mol. The zero-order valence-corrected chi connectivity index (χ0v) is 34.8. The molecule has 1 saturated carbocycles. The van der Waals surface area contributed by atoms with Gasteiger partial charge in [-0.1, -0.05) is 103 Å². The maximum absolute atomic E-state index is 15.1. The van der Waals surface area contributed by atoms with Gasteiger partial charge in [0.05, 0.1) is 23.8 Å². The zero-order chi connectivity index (χ0) is 45.5. The number of carbonyl (C=O) groups excluding carboxylic acids is 6. The number of imide groups is 1. The summed E-state index contributed by atoms with van der Waals surface area (Å²) in [7, 11) is 0. The summed E-state index contributed by atoms with van der Waals surface area (Å²) in [6.45, 7) is 2.22. The summed E-state index contributed by atoms with van der Waals surface area (Å²) in [5.41, 5.74) is -4.90. The van der Waals surface area contributed by atoms with Crippen molar-refractivity contribution in [2.45, 2.75) is 99.7 Å². The lowest BCUT2D eigenvalue weighted by molar-refractivity contribution is -0.427. The third-order valence-electron chi connectivity index (χ3n) is 11.9. The van der Waals surface area contributed by atoms with Crippen LogP contribution >= 0.6 is 0 Å². The van der Waals surface area contributed by atoms with E-state index in [1.54, 1.807) is 66.7 Å².